The summed E-state index contributed by atoms with van der Waals surface area (Å²) >= 11 is 3.35. The first-order valence-corrected chi connectivity index (χ1v) is 7.51. The Balaban J connectivity index is 2.15. The first-order chi connectivity index (χ1) is 11.0. The van der Waals surface area contributed by atoms with Gasteiger partial charge >= 0.3 is 0 Å². The van der Waals surface area contributed by atoms with E-state index in [1.807, 2.05) is 6.92 Å². The van der Waals surface area contributed by atoms with Gasteiger partial charge in [0.2, 0.25) is 0 Å². The largest absolute Gasteiger partial charge is 0.497 e. The molecule has 0 aliphatic carbocycles. The Morgan fingerprint density at radius 3 is 2.70 bits per heavy atom. The topological polar surface area (TPSA) is 77.7 Å². The van der Waals surface area contributed by atoms with Gasteiger partial charge in [0.05, 0.1) is 30.6 Å². The minimum Gasteiger partial charge on any atom is -0.497 e. The Labute approximate surface area is 142 Å². The van der Waals surface area contributed by atoms with Gasteiger partial charge in [-0.2, -0.15) is 10.2 Å². The van der Waals surface area contributed by atoms with Gasteiger partial charge in [0, 0.05) is 12.6 Å². The van der Waals surface area contributed by atoms with Gasteiger partial charge in [-0.25, -0.2) is 5.43 Å². The number of halogens is 1. The minimum atomic E-state index is -0.404. The number of methoxy groups -OCH3 is 2. The maximum absolute atomic E-state index is 12.1. The van der Waals surface area contributed by atoms with E-state index in [1.54, 1.807) is 44.1 Å². The molecule has 0 spiro atoms. The molecule has 0 saturated carbocycles. The van der Waals surface area contributed by atoms with Crippen LogP contribution in [0.5, 0.6) is 11.5 Å². The van der Waals surface area contributed by atoms with Crippen LogP contribution in [0.2, 0.25) is 0 Å². The summed E-state index contributed by atoms with van der Waals surface area (Å²) in [7, 11) is 4.90. The van der Waals surface area contributed by atoms with Crippen LogP contribution in [0.3, 0.4) is 0 Å². The van der Waals surface area contributed by atoms with Gasteiger partial charge in [-0.15, -0.1) is 0 Å². The number of carbonyl (C=O) groups is 1. The molecule has 1 N–H and O–H groups in total. The molecule has 0 unspecified atom stereocenters. The van der Waals surface area contributed by atoms with Crippen LogP contribution in [0.4, 0.5) is 0 Å². The number of hydrogen-bond acceptors (Lipinski definition) is 5. The zero-order valence-corrected chi connectivity index (χ0v) is 14.8. The van der Waals surface area contributed by atoms with Crippen molar-refractivity contribution in [3.8, 4) is 11.5 Å². The third-order valence-electron chi connectivity index (χ3n) is 3.28. The van der Waals surface area contributed by atoms with E-state index in [1.165, 1.54) is 6.21 Å². The summed E-state index contributed by atoms with van der Waals surface area (Å²) in [6.07, 6.45) is 1.49. The molecule has 0 aliphatic rings. The van der Waals surface area contributed by atoms with E-state index in [4.69, 9.17) is 9.47 Å². The molecule has 0 bridgehead atoms. The molecule has 1 aromatic carbocycles. The van der Waals surface area contributed by atoms with Crippen LogP contribution in [0.15, 0.2) is 27.8 Å². The zero-order valence-electron chi connectivity index (χ0n) is 13.3. The van der Waals surface area contributed by atoms with Crippen LogP contribution < -0.4 is 14.9 Å². The Morgan fingerprint density at radius 2 is 2.13 bits per heavy atom. The van der Waals surface area contributed by atoms with Crippen LogP contribution >= 0.6 is 15.9 Å². The van der Waals surface area contributed by atoms with Crippen molar-refractivity contribution in [1.82, 2.24) is 15.2 Å². The van der Waals surface area contributed by atoms with Crippen molar-refractivity contribution in [3.05, 3.63) is 39.6 Å². The van der Waals surface area contributed by atoms with Crippen molar-refractivity contribution in [3.63, 3.8) is 0 Å². The average molecular weight is 381 g/mol. The summed E-state index contributed by atoms with van der Waals surface area (Å²) in [5, 5.41) is 8.09. The van der Waals surface area contributed by atoms with Gasteiger partial charge < -0.3 is 9.47 Å². The smallest absolute Gasteiger partial charge is 0.293 e. The molecule has 0 atom stereocenters. The highest BCUT2D eigenvalue weighted by molar-refractivity contribution is 9.10. The van der Waals surface area contributed by atoms with Crippen LogP contribution in [-0.2, 0) is 7.05 Å². The van der Waals surface area contributed by atoms with Crippen LogP contribution in [0, 0.1) is 6.92 Å². The Hall–Kier alpha value is -2.35. The number of hydrogen-bond donors (Lipinski definition) is 1. The van der Waals surface area contributed by atoms with E-state index in [0.717, 1.165) is 5.69 Å². The minimum absolute atomic E-state index is 0.278. The van der Waals surface area contributed by atoms with Gasteiger partial charge in [0.1, 0.15) is 11.5 Å². The van der Waals surface area contributed by atoms with Crippen LogP contribution in [-0.4, -0.2) is 36.1 Å². The lowest BCUT2D eigenvalue weighted by Gasteiger charge is -2.06. The second-order valence-corrected chi connectivity index (χ2v) is 5.47. The van der Waals surface area contributed by atoms with Gasteiger partial charge in [-0.1, -0.05) is 0 Å². The number of aryl methyl sites for hydroxylation is 1. The number of nitrogens with zero attached hydrogens (tertiary/aromatic N) is 3. The normalized spacial score (nSPS) is 10.8. The summed E-state index contributed by atoms with van der Waals surface area (Å²) in [6, 6.07) is 5.30. The van der Waals surface area contributed by atoms with Crippen molar-refractivity contribution >= 4 is 28.1 Å². The van der Waals surface area contributed by atoms with Crippen molar-refractivity contribution in [2.75, 3.05) is 14.2 Å². The predicted octanol–water partition coefficient (Wildman–Crippen LogP) is 2.27. The molecule has 0 radical (unpaired) electrons. The number of ether oxygens (including phenoxy) is 2. The van der Waals surface area contributed by atoms with E-state index in [-0.39, 0.29) is 5.69 Å². The molecule has 122 valence electrons. The zero-order chi connectivity index (χ0) is 17.0. The third-order valence-corrected chi connectivity index (χ3v) is 4.23. The van der Waals surface area contributed by atoms with Gasteiger partial charge in [-0.05, 0) is 41.1 Å². The highest BCUT2D eigenvalue weighted by atomic mass is 79.9. The monoisotopic (exact) mass is 380 g/mol. The highest BCUT2D eigenvalue weighted by Crippen LogP contribution is 2.22. The molecule has 1 amide bonds. The first kappa shape index (κ1) is 17.0. The molecular formula is C15H17BrN4O3. The van der Waals surface area contributed by atoms with Crippen LogP contribution in [0.25, 0.3) is 0 Å². The molecule has 1 aromatic heterocycles. The Kier molecular flexibility index (Phi) is 5.38. The number of hydrazone groups is 1. The van der Waals surface area contributed by atoms with Crippen molar-refractivity contribution in [2.24, 2.45) is 12.1 Å². The molecule has 0 fully saturated rings. The van der Waals surface area contributed by atoms with Gasteiger partial charge in [-0.3, -0.25) is 9.48 Å². The lowest BCUT2D eigenvalue weighted by molar-refractivity contribution is 0.0948. The average Bonchev–Trinajstić information content (AvgIpc) is 2.82. The molecule has 8 heteroatoms. The van der Waals surface area contributed by atoms with E-state index in [0.29, 0.717) is 21.5 Å². The molecule has 7 nitrogen and oxygen atoms in total. The summed E-state index contributed by atoms with van der Waals surface area (Å²) in [6.45, 7) is 1.86. The fourth-order valence-electron chi connectivity index (χ4n) is 1.88. The molecule has 23 heavy (non-hydrogen) atoms. The maximum Gasteiger partial charge on any atom is 0.293 e. The highest BCUT2D eigenvalue weighted by Gasteiger charge is 2.17. The second-order valence-electron chi connectivity index (χ2n) is 4.68. The molecule has 2 aromatic rings. The summed E-state index contributed by atoms with van der Waals surface area (Å²) in [5.74, 6) is 0.888. The molecule has 2 rings (SSSR count). The third kappa shape index (κ3) is 3.70. The van der Waals surface area contributed by atoms with Crippen LogP contribution in [0.1, 0.15) is 21.7 Å². The number of amides is 1. The number of benzene rings is 1. The first-order valence-electron chi connectivity index (χ1n) is 6.72. The lowest BCUT2D eigenvalue weighted by Crippen LogP contribution is -2.19. The number of aromatic nitrogens is 2. The molecular weight excluding hydrogens is 364 g/mol. The fourth-order valence-corrected chi connectivity index (χ4v) is 2.40. The molecule has 0 saturated heterocycles. The van der Waals surface area contributed by atoms with E-state index >= 15 is 0 Å². The second kappa shape index (κ2) is 7.28. The van der Waals surface area contributed by atoms with Crippen molar-refractivity contribution in [1.29, 1.82) is 0 Å². The number of carbonyl (C=O) groups excluding carboxylic acids is 1. The SMILES string of the molecule is COc1ccc(OC)c(C=NNC(=O)c2nn(C)c(C)c2Br)c1. The predicted molar refractivity (Wildman–Crippen MR) is 90.3 cm³/mol. The van der Waals surface area contributed by atoms with Gasteiger partial charge in [0.25, 0.3) is 5.91 Å². The van der Waals surface area contributed by atoms with Crippen molar-refractivity contribution in [2.45, 2.75) is 6.92 Å². The number of nitrogens with one attached hydrogen (secondary N) is 1. The summed E-state index contributed by atoms with van der Waals surface area (Å²) in [5.41, 5.74) is 4.26. The quantitative estimate of drug-likeness (QED) is 0.637. The van der Waals surface area contributed by atoms with E-state index < -0.39 is 5.91 Å². The fraction of sp³-hybridized carbons (Fsp3) is 0.267. The summed E-state index contributed by atoms with van der Waals surface area (Å²) in [4.78, 5) is 12.1. The van der Waals surface area contributed by atoms with E-state index in [2.05, 4.69) is 31.6 Å². The van der Waals surface area contributed by atoms with Gasteiger partial charge in [0.15, 0.2) is 5.69 Å². The standard InChI is InChI=1S/C15H17BrN4O3/c1-9-13(16)14(19-20(9)2)15(21)18-17-8-10-7-11(22-3)5-6-12(10)23-4/h5-8H,1-4H3,(H,18,21). The lowest BCUT2D eigenvalue weighted by atomic mass is 10.2. The van der Waals surface area contributed by atoms with Crippen molar-refractivity contribution < 1.29 is 14.3 Å². The Bertz CT molecular complexity index is 755. The Morgan fingerprint density at radius 1 is 1.39 bits per heavy atom. The maximum atomic E-state index is 12.1. The molecule has 1 heterocycles. The summed E-state index contributed by atoms with van der Waals surface area (Å²) < 4.78 is 12.7. The van der Waals surface area contributed by atoms with E-state index in [9.17, 15) is 4.79 Å². The molecule has 0 aliphatic heterocycles. The number of rotatable bonds is 5.